The minimum absolute atomic E-state index is 0.108. The lowest BCUT2D eigenvalue weighted by Crippen LogP contribution is -2.44. The molecule has 1 saturated heterocycles. The van der Waals surface area contributed by atoms with Gasteiger partial charge in [0.05, 0.1) is 18.1 Å². The van der Waals surface area contributed by atoms with E-state index < -0.39 is 0 Å². The Hall–Kier alpha value is -2.05. The largest absolute Gasteiger partial charge is 0.494 e. The Balaban J connectivity index is 1.35. The molecule has 0 saturated carbocycles. The number of rotatable bonds is 8. The van der Waals surface area contributed by atoms with Crippen LogP contribution in [0.15, 0.2) is 53.6 Å². The number of carbonyl (C=O) groups is 1. The lowest BCUT2D eigenvalue weighted by atomic mass is 10.0. The standard InChI is InChI=1S/C21H27N3O2S/c1-2-26-19-6-8-20(9-7-19)27-16-21(25)23-17-10-13-24(14-11-17)15-18-5-3-4-12-22-18/h3-9,12,17H,2,10-11,13-16H2,1H3,(H,23,25). The van der Waals surface area contributed by atoms with Gasteiger partial charge in [-0.3, -0.25) is 14.7 Å². The Bertz CT molecular complexity index is 701. The van der Waals surface area contributed by atoms with E-state index in [1.54, 1.807) is 11.8 Å². The number of carbonyl (C=O) groups excluding carboxylic acids is 1. The molecule has 1 N–H and O–H groups in total. The molecule has 0 unspecified atom stereocenters. The predicted octanol–water partition coefficient (Wildman–Crippen LogP) is 3.35. The molecular formula is C21H27N3O2S. The van der Waals surface area contributed by atoms with Gasteiger partial charge in [0.25, 0.3) is 0 Å². The normalized spacial score (nSPS) is 15.4. The quantitative estimate of drug-likeness (QED) is 0.706. The molecule has 1 fully saturated rings. The monoisotopic (exact) mass is 385 g/mol. The molecule has 3 rings (SSSR count). The van der Waals surface area contributed by atoms with E-state index in [1.165, 1.54) is 0 Å². The van der Waals surface area contributed by atoms with Gasteiger partial charge in [-0.15, -0.1) is 11.8 Å². The van der Waals surface area contributed by atoms with Crippen LogP contribution >= 0.6 is 11.8 Å². The van der Waals surface area contributed by atoms with Gasteiger partial charge < -0.3 is 10.1 Å². The average molecular weight is 386 g/mol. The first kappa shape index (κ1) is 19.7. The maximum Gasteiger partial charge on any atom is 0.230 e. The molecule has 0 spiro atoms. The van der Waals surface area contributed by atoms with Crippen LogP contribution in [-0.2, 0) is 11.3 Å². The summed E-state index contributed by atoms with van der Waals surface area (Å²) in [6, 6.07) is 14.2. The van der Waals surface area contributed by atoms with E-state index in [1.807, 2.05) is 49.5 Å². The molecule has 2 heterocycles. The summed E-state index contributed by atoms with van der Waals surface area (Å²) >= 11 is 1.56. The fourth-order valence-corrected chi connectivity index (χ4v) is 3.88. The SMILES string of the molecule is CCOc1ccc(SCC(=O)NC2CCN(Cc3ccccn3)CC2)cc1. The first-order valence-corrected chi connectivity index (χ1v) is 10.5. The van der Waals surface area contributed by atoms with E-state index in [0.29, 0.717) is 12.4 Å². The average Bonchev–Trinajstić information content (AvgIpc) is 2.70. The topological polar surface area (TPSA) is 54.5 Å². The number of thioether (sulfide) groups is 1. The summed E-state index contributed by atoms with van der Waals surface area (Å²) in [7, 11) is 0. The smallest absolute Gasteiger partial charge is 0.230 e. The van der Waals surface area contributed by atoms with Gasteiger partial charge in [-0.05, 0) is 56.2 Å². The fourth-order valence-electron chi connectivity index (χ4n) is 3.17. The molecule has 27 heavy (non-hydrogen) atoms. The van der Waals surface area contributed by atoms with Crippen LogP contribution in [0.25, 0.3) is 0 Å². The molecule has 1 aliphatic rings. The van der Waals surface area contributed by atoms with Gasteiger partial charge in [0.1, 0.15) is 5.75 Å². The summed E-state index contributed by atoms with van der Waals surface area (Å²) < 4.78 is 5.44. The van der Waals surface area contributed by atoms with Crippen LogP contribution in [0.2, 0.25) is 0 Å². The molecule has 0 radical (unpaired) electrons. The van der Waals surface area contributed by atoms with Gasteiger partial charge in [0, 0.05) is 36.8 Å². The van der Waals surface area contributed by atoms with Gasteiger partial charge in [-0.25, -0.2) is 0 Å². The molecular weight excluding hydrogens is 358 g/mol. The molecule has 1 aromatic heterocycles. The highest BCUT2D eigenvalue weighted by molar-refractivity contribution is 8.00. The Morgan fingerprint density at radius 1 is 1.22 bits per heavy atom. The highest BCUT2D eigenvalue weighted by atomic mass is 32.2. The number of nitrogens with zero attached hydrogens (tertiary/aromatic N) is 2. The molecule has 1 aliphatic heterocycles. The number of hydrogen-bond donors (Lipinski definition) is 1. The molecule has 5 nitrogen and oxygen atoms in total. The van der Waals surface area contributed by atoms with E-state index in [9.17, 15) is 4.79 Å². The third-order valence-electron chi connectivity index (χ3n) is 4.57. The lowest BCUT2D eigenvalue weighted by molar-refractivity contribution is -0.119. The number of piperidine rings is 1. The first-order valence-electron chi connectivity index (χ1n) is 9.50. The Labute approximate surface area is 165 Å². The highest BCUT2D eigenvalue weighted by Gasteiger charge is 2.20. The Morgan fingerprint density at radius 3 is 2.67 bits per heavy atom. The van der Waals surface area contributed by atoms with E-state index in [4.69, 9.17) is 4.74 Å². The maximum atomic E-state index is 12.2. The Morgan fingerprint density at radius 2 is 2.00 bits per heavy atom. The molecule has 0 atom stereocenters. The second-order valence-electron chi connectivity index (χ2n) is 6.63. The molecule has 1 aromatic carbocycles. The summed E-state index contributed by atoms with van der Waals surface area (Å²) in [5.41, 5.74) is 1.10. The van der Waals surface area contributed by atoms with Gasteiger partial charge in [0.15, 0.2) is 0 Å². The van der Waals surface area contributed by atoms with Gasteiger partial charge in [-0.2, -0.15) is 0 Å². The van der Waals surface area contributed by atoms with Crippen LogP contribution in [0.4, 0.5) is 0 Å². The van der Waals surface area contributed by atoms with Crippen molar-refractivity contribution in [3.05, 3.63) is 54.4 Å². The molecule has 0 bridgehead atoms. The van der Waals surface area contributed by atoms with Crippen molar-refractivity contribution >= 4 is 17.7 Å². The molecule has 1 amide bonds. The highest BCUT2D eigenvalue weighted by Crippen LogP contribution is 2.21. The second kappa shape index (κ2) is 10.3. The molecule has 0 aliphatic carbocycles. The van der Waals surface area contributed by atoms with E-state index in [-0.39, 0.29) is 11.9 Å². The van der Waals surface area contributed by atoms with Crippen LogP contribution in [0.1, 0.15) is 25.5 Å². The van der Waals surface area contributed by atoms with Crippen LogP contribution in [0.5, 0.6) is 5.75 Å². The van der Waals surface area contributed by atoms with E-state index >= 15 is 0 Å². The van der Waals surface area contributed by atoms with Crippen molar-refractivity contribution in [1.82, 2.24) is 15.2 Å². The lowest BCUT2D eigenvalue weighted by Gasteiger charge is -2.32. The minimum Gasteiger partial charge on any atom is -0.494 e. The minimum atomic E-state index is 0.108. The van der Waals surface area contributed by atoms with Crippen molar-refractivity contribution in [3.63, 3.8) is 0 Å². The van der Waals surface area contributed by atoms with Crippen LogP contribution in [-0.4, -0.2) is 47.3 Å². The van der Waals surface area contributed by atoms with Crippen molar-refractivity contribution in [2.45, 2.75) is 37.2 Å². The molecule has 2 aromatic rings. The summed E-state index contributed by atoms with van der Waals surface area (Å²) in [4.78, 5) is 20.1. The first-order chi connectivity index (χ1) is 13.2. The summed E-state index contributed by atoms with van der Waals surface area (Å²) in [5, 5.41) is 3.18. The number of hydrogen-bond acceptors (Lipinski definition) is 5. The summed E-state index contributed by atoms with van der Waals surface area (Å²) in [5.74, 6) is 1.42. The van der Waals surface area contributed by atoms with Crippen LogP contribution in [0, 0.1) is 0 Å². The van der Waals surface area contributed by atoms with Crippen molar-refractivity contribution in [3.8, 4) is 5.75 Å². The van der Waals surface area contributed by atoms with Crippen molar-refractivity contribution in [1.29, 1.82) is 0 Å². The number of likely N-dealkylation sites (tertiary alicyclic amines) is 1. The molecule has 6 heteroatoms. The van der Waals surface area contributed by atoms with Crippen molar-refractivity contribution in [2.75, 3.05) is 25.4 Å². The second-order valence-corrected chi connectivity index (χ2v) is 7.68. The van der Waals surface area contributed by atoms with Gasteiger partial charge in [-0.1, -0.05) is 6.07 Å². The zero-order chi connectivity index (χ0) is 18.9. The number of nitrogens with one attached hydrogen (secondary N) is 1. The van der Waals surface area contributed by atoms with Crippen molar-refractivity contribution in [2.24, 2.45) is 0 Å². The number of aromatic nitrogens is 1. The third-order valence-corrected chi connectivity index (χ3v) is 5.58. The summed E-state index contributed by atoms with van der Waals surface area (Å²) in [6.45, 7) is 5.50. The number of benzene rings is 1. The maximum absolute atomic E-state index is 12.2. The van der Waals surface area contributed by atoms with Gasteiger partial charge in [0.2, 0.25) is 5.91 Å². The Kier molecular flexibility index (Phi) is 7.54. The zero-order valence-corrected chi connectivity index (χ0v) is 16.6. The molecule has 144 valence electrons. The number of ether oxygens (including phenoxy) is 1. The van der Waals surface area contributed by atoms with Gasteiger partial charge >= 0.3 is 0 Å². The van der Waals surface area contributed by atoms with Crippen LogP contribution in [0.3, 0.4) is 0 Å². The van der Waals surface area contributed by atoms with E-state index in [2.05, 4.69) is 21.3 Å². The summed E-state index contributed by atoms with van der Waals surface area (Å²) in [6.07, 6.45) is 3.82. The van der Waals surface area contributed by atoms with Crippen LogP contribution < -0.4 is 10.1 Å². The third kappa shape index (κ3) is 6.56. The number of amides is 1. The zero-order valence-electron chi connectivity index (χ0n) is 15.8. The number of pyridine rings is 1. The fraction of sp³-hybridized carbons (Fsp3) is 0.429. The van der Waals surface area contributed by atoms with Crippen molar-refractivity contribution < 1.29 is 9.53 Å². The predicted molar refractivity (Wildman–Crippen MR) is 109 cm³/mol. The van der Waals surface area contributed by atoms with E-state index in [0.717, 1.165) is 48.8 Å².